The number of amides is 2. The van der Waals surface area contributed by atoms with Crippen LogP contribution in [0.5, 0.6) is 0 Å². The van der Waals surface area contributed by atoms with E-state index in [1.54, 1.807) is 40.6 Å². The van der Waals surface area contributed by atoms with Crippen molar-refractivity contribution in [2.75, 3.05) is 24.7 Å². The van der Waals surface area contributed by atoms with Gasteiger partial charge >= 0.3 is 5.97 Å². The van der Waals surface area contributed by atoms with Crippen LogP contribution in [0.4, 0.5) is 5.69 Å². The van der Waals surface area contributed by atoms with Crippen LogP contribution in [0, 0.1) is 18.8 Å². The standard InChI is InChI=1S/C27H35ClN2O5S/c1-6-14-29(21-16(4)10-9-11-18(21)28)24(33)22-27-13-12-26(5,36-27)20(25(34)35-8-3)19(27)23(32)30(22)17(7-2)15-31/h6,9-11,17,19-20,22,31H,1,7-8,12-15H2,2-5H3/t17-,19-,20-,22?,26+,27?/m0/s1. The van der Waals surface area contributed by atoms with Gasteiger partial charge in [0, 0.05) is 11.3 Å². The van der Waals surface area contributed by atoms with E-state index < -0.39 is 33.4 Å². The molecule has 3 saturated heterocycles. The number of thioether (sulfide) groups is 1. The van der Waals surface area contributed by atoms with Gasteiger partial charge in [-0.2, -0.15) is 0 Å². The number of likely N-dealkylation sites (tertiary alicyclic amines) is 1. The molecule has 0 radical (unpaired) electrons. The minimum atomic E-state index is -0.853. The molecule has 3 aliphatic rings. The normalized spacial score (nSPS) is 31.3. The first-order valence-corrected chi connectivity index (χ1v) is 13.8. The van der Waals surface area contributed by atoms with Crippen molar-refractivity contribution in [2.45, 2.75) is 68.5 Å². The second-order valence-corrected chi connectivity index (χ2v) is 12.4. The van der Waals surface area contributed by atoms with E-state index in [0.29, 0.717) is 30.0 Å². The van der Waals surface area contributed by atoms with Crippen molar-refractivity contribution in [1.29, 1.82) is 0 Å². The molecule has 0 saturated carbocycles. The van der Waals surface area contributed by atoms with E-state index >= 15 is 0 Å². The average molecular weight is 535 g/mol. The Balaban J connectivity index is 1.88. The van der Waals surface area contributed by atoms with Crippen LogP contribution in [0.1, 0.15) is 45.6 Å². The van der Waals surface area contributed by atoms with Crippen LogP contribution in [0.25, 0.3) is 0 Å². The van der Waals surface area contributed by atoms with Gasteiger partial charge < -0.3 is 19.6 Å². The number of nitrogens with zero attached hydrogens (tertiary/aromatic N) is 2. The molecule has 1 spiro atoms. The number of hydrogen-bond acceptors (Lipinski definition) is 6. The number of esters is 1. The molecule has 36 heavy (non-hydrogen) atoms. The fourth-order valence-corrected chi connectivity index (χ4v) is 9.22. The molecule has 0 aliphatic carbocycles. The zero-order chi connectivity index (χ0) is 26.4. The minimum absolute atomic E-state index is 0.210. The van der Waals surface area contributed by atoms with Gasteiger partial charge in [-0.05, 0) is 51.7 Å². The summed E-state index contributed by atoms with van der Waals surface area (Å²) in [6.45, 7) is 11.6. The summed E-state index contributed by atoms with van der Waals surface area (Å²) >= 11 is 8.17. The van der Waals surface area contributed by atoms with Crippen LogP contribution in [0.15, 0.2) is 30.9 Å². The number of ether oxygens (including phenoxy) is 1. The minimum Gasteiger partial charge on any atom is -0.466 e. The summed E-state index contributed by atoms with van der Waals surface area (Å²) < 4.78 is 4.14. The van der Waals surface area contributed by atoms with Crippen LogP contribution < -0.4 is 4.90 Å². The highest BCUT2D eigenvalue weighted by Gasteiger charge is 2.78. The number of fused-ring (bicyclic) bond motifs is 1. The molecule has 1 aromatic rings. The first-order chi connectivity index (χ1) is 17.1. The van der Waals surface area contributed by atoms with E-state index in [1.807, 2.05) is 32.9 Å². The van der Waals surface area contributed by atoms with Crippen LogP contribution in [-0.4, -0.2) is 69.1 Å². The largest absolute Gasteiger partial charge is 0.466 e. The number of hydrogen-bond donors (Lipinski definition) is 1. The summed E-state index contributed by atoms with van der Waals surface area (Å²) in [5, 5.41) is 10.7. The van der Waals surface area contributed by atoms with E-state index in [-0.39, 0.29) is 37.5 Å². The van der Waals surface area contributed by atoms with E-state index in [9.17, 15) is 19.5 Å². The Morgan fingerprint density at radius 1 is 1.39 bits per heavy atom. The highest BCUT2D eigenvalue weighted by molar-refractivity contribution is 8.02. The van der Waals surface area contributed by atoms with Gasteiger partial charge in [0.25, 0.3) is 5.91 Å². The number of carbonyl (C=O) groups is 3. The van der Waals surface area contributed by atoms with Crippen LogP contribution in [-0.2, 0) is 19.1 Å². The molecule has 2 bridgehead atoms. The molecule has 0 aromatic heterocycles. The van der Waals surface area contributed by atoms with E-state index in [1.165, 1.54) is 0 Å². The predicted molar refractivity (Wildman–Crippen MR) is 142 cm³/mol. The lowest BCUT2D eigenvalue weighted by molar-refractivity contribution is -0.155. The molecule has 1 N–H and O–H groups in total. The van der Waals surface area contributed by atoms with Crippen molar-refractivity contribution < 1.29 is 24.2 Å². The highest BCUT2D eigenvalue weighted by atomic mass is 35.5. The van der Waals surface area contributed by atoms with Crippen molar-refractivity contribution in [3.63, 3.8) is 0 Å². The van der Waals surface area contributed by atoms with Crippen LogP contribution in [0.2, 0.25) is 5.02 Å². The Kier molecular flexibility index (Phi) is 7.53. The molecule has 3 aliphatic heterocycles. The van der Waals surface area contributed by atoms with Gasteiger partial charge in [0.2, 0.25) is 5.91 Å². The van der Waals surface area contributed by atoms with Gasteiger partial charge in [0.15, 0.2) is 0 Å². The molecule has 6 atom stereocenters. The van der Waals surface area contributed by atoms with Gasteiger partial charge in [-0.3, -0.25) is 14.4 Å². The molecule has 196 valence electrons. The van der Waals surface area contributed by atoms with Crippen LogP contribution in [0.3, 0.4) is 0 Å². The zero-order valence-corrected chi connectivity index (χ0v) is 22.9. The van der Waals surface area contributed by atoms with Gasteiger partial charge in [-0.25, -0.2) is 0 Å². The van der Waals surface area contributed by atoms with E-state index in [0.717, 1.165) is 5.56 Å². The number of rotatable bonds is 9. The van der Waals surface area contributed by atoms with Gasteiger partial charge in [-0.1, -0.05) is 36.7 Å². The summed E-state index contributed by atoms with van der Waals surface area (Å²) in [6.07, 6.45) is 3.44. The predicted octanol–water partition coefficient (Wildman–Crippen LogP) is 3.98. The smallest absolute Gasteiger partial charge is 0.311 e. The Labute approximate surface area is 222 Å². The fraction of sp³-hybridized carbons (Fsp3) is 0.593. The first kappa shape index (κ1) is 27.0. The lowest BCUT2D eigenvalue weighted by Gasteiger charge is -2.39. The van der Waals surface area contributed by atoms with Crippen molar-refractivity contribution >= 4 is 46.8 Å². The molecule has 3 fully saturated rings. The second-order valence-electron chi connectivity index (χ2n) is 10.1. The summed E-state index contributed by atoms with van der Waals surface area (Å²) in [6, 6.07) is 4.06. The topological polar surface area (TPSA) is 87.2 Å². The SMILES string of the molecule is C=CCN(C(=O)C1N([C@@H](CC)CO)C(=O)[C@@H]2[C@@H](C(=O)OCC)[C@@]3(C)CCC12S3)c1c(C)cccc1Cl. The molecule has 3 heterocycles. The van der Waals surface area contributed by atoms with E-state index in [4.69, 9.17) is 16.3 Å². The number of aliphatic hydroxyl groups is 1. The third-order valence-electron chi connectivity index (χ3n) is 8.10. The number of aryl methyl sites for hydroxylation is 1. The average Bonchev–Trinajstić information content (AvgIpc) is 3.40. The molecular weight excluding hydrogens is 500 g/mol. The van der Waals surface area contributed by atoms with Crippen molar-refractivity contribution in [3.8, 4) is 0 Å². The molecule has 4 rings (SSSR count). The van der Waals surface area contributed by atoms with Gasteiger partial charge in [0.1, 0.15) is 6.04 Å². The third-order valence-corrected chi connectivity index (χ3v) is 10.4. The van der Waals surface area contributed by atoms with Crippen molar-refractivity contribution in [1.82, 2.24) is 4.90 Å². The lowest BCUT2D eigenvalue weighted by atomic mass is 9.66. The number of halogens is 1. The maximum Gasteiger partial charge on any atom is 0.311 e. The molecular formula is C27H35ClN2O5S. The number of benzene rings is 1. The molecule has 2 amide bonds. The number of anilines is 1. The molecule has 7 nitrogen and oxygen atoms in total. The fourth-order valence-electron chi connectivity index (χ4n) is 6.57. The zero-order valence-electron chi connectivity index (χ0n) is 21.3. The third kappa shape index (κ3) is 3.87. The van der Waals surface area contributed by atoms with Crippen LogP contribution >= 0.6 is 23.4 Å². The van der Waals surface area contributed by atoms with Gasteiger partial charge in [0.05, 0.1) is 46.5 Å². The Bertz CT molecular complexity index is 1060. The van der Waals surface area contributed by atoms with Crippen molar-refractivity contribution in [3.05, 3.63) is 41.4 Å². The quantitative estimate of drug-likeness (QED) is 0.381. The summed E-state index contributed by atoms with van der Waals surface area (Å²) in [5.41, 5.74) is 1.41. The maximum absolute atomic E-state index is 14.6. The lowest BCUT2D eigenvalue weighted by Crippen LogP contribution is -2.57. The second kappa shape index (κ2) is 10.0. The number of aliphatic hydroxyl groups excluding tert-OH is 1. The number of para-hydroxylation sites is 1. The maximum atomic E-state index is 14.6. The molecule has 9 heteroatoms. The number of carbonyl (C=O) groups excluding carboxylic acids is 3. The first-order valence-electron chi connectivity index (χ1n) is 12.6. The van der Waals surface area contributed by atoms with Gasteiger partial charge in [-0.15, -0.1) is 18.3 Å². The highest BCUT2D eigenvalue weighted by Crippen LogP contribution is 2.72. The molecule has 2 unspecified atom stereocenters. The Morgan fingerprint density at radius 2 is 2.11 bits per heavy atom. The summed E-state index contributed by atoms with van der Waals surface area (Å²) in [7, 11) is 0. The summed E-state index contributed by atoms with van der Waals surface area (Å²) in [5.74, 6) is -2.24. The van der Waals surface area contributed by atoms with E-state index in [2.05, 4.69) is 6.58 Å². The van der Waals surface area contributed by atoms with Crippen molar-refractivity contribution in [2.24, 2.45) is 11.8 Å². The monoisotopic (exact) mass is 534 g/mol. The Morgan fingerprint density at radius 3 is 2.69 bits per heavy atom. The summed E-state index contributed by atoms with van der Waals surface area (Å²) in [4.78, 5) is 45.1. The Hall–Kier alpha value is -2.03. The molecule has 1 aromatic carbocycles.